The average Bonchev–Trinajstić information content (AvgIpc) is 2.47. The second-order valence-corrected chi connectivity index (χ2v) is 4.81. The Morgan fingerprint density at radius 3 is 2.55 bits per heavy atom. The maximum Gasteiger partial charge on any atom is 0.256 e. The van der Waals surface area contributed by atoms with Crippen molar-refractivity contribution in [3.8, 4) is 18.1 Å². The molecule has 0 aliphatic heterocycles. The van der Waals surface area contributed by atoms with E-state index in [-0.39, 0.29) is 12.5 Å². The van der Waals surface area contributed by atoms with Crippen LogP contribution in [0.4, 0.5) is 5.69 Å². The van der Waals surface area contributed by atoms with E-state index in [0.29, 0.717) is 17.0 Å². The lowest BCUT2D eigenvalue weighted by Crippen LogP contribution is -2.12. The zero-order valence-electron chi connectivity index (χ0n) is 10.6. The molecule has 0 fully saturated rings. The molecule has 2 rings (SSSR count). The third kappa shape index (κ3) is 3.62. The van der Waals surface area contributed by atoms with Crippen molar-refractivity contribution in [3.05, 3.63) is 58.6 Å². The van der Waals surface area contributed by atoms with Gasteiger partial charge in [-0.3, -0.25) is 4.79 Å². The lowest BCUT2D eigenvalue weighted by Gasteiger charge is -2.08. The summed E-state index contributed by atoms with van der Waals surface area (Å²) in [5.41, 5.74) is 1.28. The van der Waals surface area contributed by atoms with Gasteiger partial charge >= 0.3 is 0 Å². The molecule has 0 atom stereocenters. The van der Waals surface area contributed by atoms with Crippen LogP contribution in [-0.2, 0) is 0 Å². The molecule has 0 unspecified atom stereocenters. The van der Waals surface area contributed by atoms with Crippen LogP contribution in [0.2, 0.25) is 0 Å². The van der Waals surface area contributed by atoms with E-state index in [9.17, 15) is 4.79 Å². The number of hydrogen-bond acceptors (Lipinski definition) is 2. The minimum atomic E-state index is -0.172. The van der Waals surface area contributed by atoms with Crippen molar-refractivity contribution in [2.75, 3.05) is 11.9 Å². The molecular formula is C16H12BrNO2. The van der Waals surface area contributed by atoms with Crippen LogP contribution in [0.5, 0.6) is 5.75 Å². The first-order chi connectivity index (χ1) is 9.70. The molecule has 20 heavy (non-hydrogen) atoms. The number of ether oxygens (including phenoxy) is 1. The highest BCUT2D eigenvalue weighted by atomic mass is 79.9. The van der Waals surface area contributed by atoms with E-state index in [1.165, 1.54) is 0 Å². The molecule has 100 valence electrons. The molecule has 2 aromatic rings. The molecule has 0 aliphatic carbocycles. The van der Waals surface area contributed by atoms with Gasteiger partial charge in [0.25, 0.3) is 5.91 Å². The summed E-state index contributed by atoms with van der Waals surface area (Å²) in [4.78, 5) is 12.1. The fourth-order valence-corrected chi connectivity index (χ4v) is 2.07. The Balaban J connectivity index is 2.05. The SMILES string of the molecule is C#CCOc1ccc(NC(=O)c2ccccc2Br)cc1. The molecule has 0 heterocycles. The summed E-state index contributed by atoms with van der Waals surface area (Å²) in [6.45, 7) is 0.225. The van der Waals surface area contributed by atoms with Crippen LogP contribution in [-0.4, -0.2) is 12.5 Å². The number of terminal acetylenes is 1. The Morgan fingerprint density at radius 1 is 1.20 bits per heavy atom. The highest BCUT2D eigenvalue weighted by molar-refractivity contribution is 9.10. The van der Waals surface area contributed by atoms with E-state index in [2.05, 4.69) is 27.2 Å². The van der Waals surface area contributed by atoms with Gasteiger partial charge in [0.05, 0.1) is 5.56 Å². The number of rotatable bonds is 4. The summed E-state index contributed by atoms with van der Waals surface area (Å²) in [5.74, 6) is 2.89. The summed E-state index contributed by atoms with van der Waals surface area (Å²) in [5, 5.41) is 2.82. The van der Waals surface area contributed by atoms with Crippen molar-refractivity contribution in [2.24, 2.45) is 0 Å². The summed E-state index contributed by atoms with van der Waals surface area (Å²) >= 11 is 3.35. The molecule has 0 bridgehead atoms. The van der Waals surface area contributed by atoms with Crippen LogP contribution >= 0.6 is 15.9 Å². The number of benzene rings is 2. The van der Waals surface area contributed by atoms with Crippen LogP contribution in [0.1, 0.15) is 10.4 Å². The topological polar surface area (TPSA) is 38.3 Å². The lowest BCUT2D eigenvalue weighted by atomic mass is 10.2. The molecule has 3 nitrogen and oxygen atoms in total. The Kier molecular flexibility index (Phi) is 4.80. The normalized spacial score (nSPS) is 9.60. The van der Waals surface area contributed by atoms with Gasteiger partial charge in [0, 0.05) is 10.2 Å². The van der Waals surface area contributed by atoms with E-state index >= 15 is 0 Å². The second-order valence-electron chi connectivity index (χ2n) is 3.95. The van der Waals surface area contributed by atoms with Crippen LogP contribution in [0.25, 0.3) is 0 Å². The molecule has 1 N–H and O–H groups in total. The minimum absolute atomic E-state index is 0.172. The van der Waals surface area contributed by atoms with Gasteiger partial charge in [-0.2, -0.15) is 0 Å². The smallest absolute Gasteiger partial charge is 0.256 e. The Morgan fingerprint density at radius 2 is 1.90 bits per heavy atom. The maximum absolute atomic E-state index is 12.1. The van der Waals surface area contributed by atoms with Crippen molar-refractivity contribution in [1.82, 2.24) is 0 Å². The standard InChI is InChI=1S/C16H12BrNO2/c1-2-11-20-13-9-7-12(8-10-13)18-16(19)14-5-3-4-6-15(14)17/h1,3-10H,11H2,(H,18,19). The minimum Gasteiger partial charge on any atom is -0.481 e. The highest BCUT2D eigenvalue weighted by Gasteiger charge is 2.09. The van der Waals surface area contributed by atoms with Gasteiger partial charge in [0.15, 0.2) is 0 Å². The molecule has 0 spiro atoms. The first-order valence-electron chi connectivity index (χ1n) is 5.93. The summed E-state index contributed by atoms with van der Waals surface area (Å²) < 4.78 is 6.02. The van der Waals surface area contributed by atoms with Crippen molar-refractivity contribution < 1.29 is 9.53 Å². The van der Waals surface area contributed by atoms with Gasteiger partial charge in [0.2, 0.25) is 0 Å². The van der Waals surface area contributed by atoms with Gasteiger partial charge < -0.3 is 10.1 Å². The van der Waals surface area contributed by atoms with Gasteiger partial charge in [-0.05, 0) is 52.3 Å². The largest absolute Gasteiger partial charge is 0.481 e. The molecule has 0 aromatic heterocycles. The predicted molar refractivity (Wildman–Crippen MR) is 82.9 cm³/mol. The average molecular weight is 330 g/mol. The molecular weight excluding hydrogens is 318 g/mol. The molecule has 4 heteroatoms. The van der Waals surface area contributed by atoms with Crippen LogP contribution in [0.15, 0.2) is 53.0 Å². The third-order valence-electron chi connectivity index (χ3n) is 2.55. The van der Waals surface area contributed by atoms with Crippen molar-refractivity contribution in [2.45, 2.75) is 0 Å². The molecule has 2 aromatic carbocycles. The van der Waals surface area contributed by atoms with Gasteiger partial charge in [-0.1, -0.05) is 18.1 Å². The zero-order valence-corrected chi connectivity index (χ0v) is 12.2. The first kappa shape index (κ1) is 14.2. The summed E-state index contributed by atoms with van der Waals surface area (Å²) in [6.07, 6.45) is 5.11. The number of halogens is 1. The molecule has 0 radical (unpaired) electrons. The lowest BCUT2D eigenvalue weighted by molar-refractivity contribution is 0.102. The van der Waals surface area contributed by atoms with E-state index in [1.54, 1.807) is 30.3 Å². The predicted octanol–water partition coefficient (Wildman–Crippen LogP) is 3.71. The fourth-order valence-electron chi connectivity index (χ4n) is 1.60. The highest BCUT2D eigenvalue weighted by Crippen LogP contribution is 2.19. The van der Waals surface area contributed by atoms with E-state index in [4.69, 9.17) is 11.2 Å². The van der Waals surface area contributed by atoms with Gasteiger partial charge in [-0.15, -0.1) is 6.42 Å². The van der Waals surface area contributed by atoms with Crippen molar-refractivity contribution >= 4 is 27.5 Å². The molecule has 0 saturated heterocycles. The Hall–Kier alpha value is -2.25. The second kappa shape index (κ2) is 6.78. The molecule has 0 saturated carbocycles. The maximum atomic E-state index is 12.1. The number of anilines is 1. The van der Waals surface area contributed by atoms with Crippen LogP contribution in [0, 0.1) is 12.3 Å². The number of amides is 1. The molecule has 1 amide bonds. The van der Waals surface area contributed by atoms with E-state index < -0.39 is 0 Å². The monoisotopic (exact) mass is 329 g/mol. The number of carbonyl (C=O) groups excluding carboxylic acids is 1. The number of nitrogens with one attached hydrogen (secondary N) is 1. The van der Waals surface area contributed by atoms with Crippen LogP contribution < -0.4 is 10.1 Å². The quantitative estimate of drug-likeness (QED) is 0.868. The van der Waals surface area contributed by atoms with E-state index in [1.807, 2.05) is 18.2 Å². The Labute approximate surface area is 126 Å². The molecule has 0 aliphatic rings. The van der Waals surface area contributed by atoms with Crippen LogP contribution in [0.3, 0.4) is 0 Å². The van der Waals surface area contributed by atoms with Crippen molar-refractivity contribution in [1.29, 1.82) is 0 Å². The van der Waals surface area contributed by atoms with Gasteiger partial charge in [0.1, 0.15) is 12.4 Å². The summed E-state index contributed by atoms with van der Waals surface area (Å²) in [7, 11) is 0. The first-order valence-corrected chi connectivity index (χ1v) is 6.72. The van der Waals surface area contributed by atoms with E-state index in [0.717, 1.165) is 4.47 Å². The van der Waals surface area contributed by atoms with Crippen molar-refractivity contribution in [3.63, 3.8) is 0 Å². The number of carbonyl (C=O) groups is 1. The fraction of sp³-hybridized carbons (Fsp3) is 0.0625. The Bertz CT molecular complexity index is 644. The zero-order chi connectivity index (χ0) is 14.4. The third-order valence-corrected chi connectivity index (χ3v) is 3.24. The van der Waals surface area contributed by atoms with Gasteiger partial charge in [-0.25, -0.2) is 0 Å². The number of hydrogen-bond donors (Lipinski definition) is 1. The summed E-state index contributed by atoms with van der Waals surface area (Å²) in [6, 6.07) is 14.3.